The Bertz CT molecular complexity index is 373. The van der Waals surface area contributed by atoms with E-state index in [9.17, 15) is 13.2 Å². The molecular weight excluding hydrogens is 254 g/mol. The fraction of sp³-hybridized carbons (Fsp3) is 0.889. The first-order chi connectivity index (χ1) is 7.09. The summed E-state index contributed by atoms with van der Waals surface area (Å²) in [7, 11) is 1.65. The van der Waals surface area contributed by atoms with Gasteiger partial charge in [0, 0.05) is 23.8 Å². The van der Waals surface area contributed by atoms with Crippen LogP contribution in [0.25, 0.3) is 0 Å². The van der Waals surface area contributed by atoms with E-state index in [-0.39, 0.29) is 6.54 Å². The van der Waals surface area contributed by atoms with Gasteiger partial charge in [-0.15, -0.1) is 0 Å². The van der Waals surface area contributed by atoms with Crippen molar-refractivity contribution in [1.82, 2.24) is 4.90 Å². The molecule has 0 saturated carbocycles. The summed E-state index contributed by atoms with van der Waals surface area (Å²) in [4.78, 5) is 13.0. The van der Waals surface area contributed by atoms with Crippen LogP contribution in [0.15, 0.2) is 0 Å². The molecule has 0 aromatic rings. The Kier molecular flexibility index (Phi) is 3.74. The predicted molar refractivity (Wildman–Crippen MR) is 61.0 cm³/mol. The molecule has 1 aliphatic rings. The van der Waals surface area contributed by atoms with Crippen molar-refractivity contribution < 1.29 is 17.9 Å². The summed E-state index contributed by atoms with van der Waals surface area (Å²) in [5.41, 5.74) is -0.574. The molecular formula is C9H16ClNO4S. The number of carbonyl (C=O) groups is 1. The number of nitrogens with zero attached hydrogens (tertiary/aromatic N) is 1. The number of hydrogen-bond acceptors (Lipinski definition) is 4. The van der Waals surface area contributed by atoms with Crippen LogP contribution in [0, 0.1) is 0 Å². The lowest BCUT2D eigenvalue weighted by Gasteiger charge is -2.24. The third kappa shape index (κ3) is 3.83. The molecule has 5 nitrogen and oxygen atoms in total. The first-order valence-corrected chi connectivity index (χ1v) is 7.38. The molecule has 7 heteroatoms. The smallest absolute Gasteiger partial charge is 0.410 e. The van der Waals surface area contributed by atoms with Crippen LogP contribution < -0.4 is 0 Å². The minimum Gasteiger partial charge on any atom is -0.444 e. The molecule has 0 aliphatic carbocycles. The largest absolute Gasteiger partial charge is 0.444 e. The van der Waals surface area contributed by atoms with Gasteiger partial charge < -0.3 is 9.64 Å². The van der Waals surface area contributed by atoms with Gasteiger partial charge in [0.05, 0.1) is 5.25 Å². The van der Waals surface area contributed by atoms with E-state index in [1.807, 2.05) is 0 Å². The maximum atomic E-state index is 11.6. The van der Waals surface area contributed by atoms with Crippen LogP contribution in [0.5, 0.6) is 0 Å². The van der Waals surface area contributed by atoms with Crippen LogP contribution in [-0.2, 0) is 13.8 Å². The van der Waals surface area contributed by atoms with Gasteiger partial charge in [0.15, 0.2) is 0 Å². The molecule has 16 heavy (non-hydrogen) atoms. The van der Waals surface area contributed by atoms with E-state index in [1.165, 1.54) is 4.90 Å². The van der Waals surface area contributed by atoms with Gasteiger partial charge >= 0.3 is 6.09 Å². The summed E-state index contributed by atoms with van der Waals surface area (Å²) in [5, 5.41) is -0.679. The second kappa shape index (κ2) is 4.41. The maximum Gasteiger partial charge on any atom is 0.410 e. The van der Waals surface area contributed by atoms with E-state index in [0.29, 0.717) is 13.0 Å². The number of ether oxygens (including phenoxy) is 1. The quantitative estimate of drug-likeness (QED) is 0.678. The maximum absolute atomic E-state index is 11.6. The van der Waals surface area contributed by atoms with E-state index in [4.69, 9.17) is 15.4 Å². The number of amides is 1. The lowest BCUT2D eigenvalue weighted by Crippen LogP contribution is -2.36. The van der Waals surface area contributed by atoms with Crippen molar-refractivity contribution in [2.75, 3.05) is 13.1 Å². The van der Waals surface area contributed by atoms with Gasteiger partial charge in [0.2, 0.25) is 9.05 Å². The first-order valence-electron chi connectivity index (χ1n) is 5.01. The Morgan fingerprint density at radius 2 is 2.00 bits per heavy atom. The Morgan fingerprint density at radius 3 is 2.38 bits per heavy atom. The van der Waals surface area contributed by atoms with Gasteiger partial charge in [-0.25, -0.2) is 13.2 Å². The van der Waals surface area contributed by atoms with E-state index in [0.717, 1.165) is 0 Å². The SMILES string of the molecule is CC(C)(C)OC(=O)N1CC[C@H](S(=O)(=O)Cl)C1. The number of rotatable bonds is 1. The highest BCUT2D eigenvalue weighted by molar-refractivity contribution is 8.14. The standard InChI is InChI=1S/C9H16ClNO4S/c1-9(2,3)15-8(12)11-5-4-7(6-11)16(10,13)14/h7H,4-6H2,1-3H3/t7-/m0/s1. The molecule has 0 aromatic carbocycles. The van der Waals surface area contributed by atoms with Crippen molar-refractivity contribution >= 4 is 25.8 Å². The highest BCUT2D eigenvalue weighted by Gasteiger charge is 2.35. The summed E-state index contributed by atoms with van der Waals surface area (Å²) in [5.74, 6) is 0. The van der Waals surface area contributed by atoms with E-state index >= 15 is 0 Å². The summed E-state index contributed by atoms with van der Waals surface area (Å²) >= 11 is 0. The van der Waals surface area contributed by atoms with Crippen LogP contribution in [0.3, 0.4) is 0 Å². The molecule has 1 atom stereocenters. The Labute approximate surface area is 100 Å². The second-order valence-corrected chi connectivity index (χ2v) is 7.72. The second-order valence-electron chi connectivity index (χ2n) is 4.81. The minimum atomic E-state index is -3.59. The monoisotopic (exact) mass is 269 g/mol. The molecule has 94 valence electrons. The number of likely N-dealkylation sites (tertiary alicyclic amines) is 1. The van der Waals surface area contributed by atoms with E-state index in [2.05, 4.69) is 0 Å². The zero-order valence-corrected chi connectivity index (χ0v) is 11.1. The van der Waals surface area contributed by atoms with Crippen LogP contribution in [-0.4, -0.2) is 43.4 Å². The zero-order chi connectivity index (χ0) is 12.6. The van der Waals surface area contributed by atoms with Crippen molar-refractivity contribution in [1.29, 1.82) is 0 Å². The zero-order valence-electron chi connectivity index (χ0n) is 9.57. The van der Waals surface area contributed by atoms with Gasteiger partial charge in [-0.3, -0.25) is 0 Å². The molecule has 0 spiro atoms. The lowest BCUT2D eigenvalue weighted by atomic mass is 10.2. The van der Waals surface area contributed by atoms with Crippen molar-refractivity contribution in [2.24, 2.45) is 0 Å². The Balaban J connectivity index is 2.57. The number of hydrogen-bond donors (Lipinski definition) is 0. The van der Waals surface area contributed by atoms with Crippen LogP contribution in [0.2, 0.25) is 0 Å². The molecule has 0 unspecified atom stereocenters. The van der Waals surface area contributed by atoms with Gasteiger partial charge in [-0.05, 0) is 27.2 Å². The first kappa shape index (κ1) is 13.6. The summed E-state index contributed by atoms with van der Waals surface area (Å²) in [6, 6.07) is 0. The van der Waals surface area contributed by atoms with E-state index < -0.39 is 26.0 Å². The van der Waals surface area contributed by atoms with Gasteiger partial charge in [0.25, 0.3) is 0 Å². The third-order valence-corrected chi connectivity index (χ3v) is 4.13. The van der Waals surface area contributed by atoms with Gasteiger partial charge in [0.1, 0.15) is 5.60 Å². The van der Waals surface area contributed by atoms with Crippen LogP contribution >= 0.6 is 10.7 Å². The fourth-order valence-corrected chi connectivity index (χ4v) is 2.63. The lowest BCUT2D eigenvalue weighted by molar-refractivity contribution is 0.0295. The summed E-state index contributed by atoms with van der Waals surface area (Å²) < 4.78 is 27.3. The summed E-state index contributed by atoms with van der Waals surface area (Å²) in [6.07, 6.45) is -0.124. The average Bonchev–Trinajstić information content (AvgIpc) is 2.46. The minimum absolute atomic E-state index is 0.112. The predicted octanol–water partition coefficient (Wildman–Crippen LogP) is 1.56. The van der Waals surface area contributed by atoms with Crippen LogP contribution in [0.1, 0.15) is 27.2 Å². The molecule has 0 N–H and O–H groups in total. The summed E-state index contributed by atoms with van der Waals surface area (Å²) in [6.45, 7) is 5.76. The molecule has 1 rings (SSSR count). The van der Waals surface area contributed by atoms with Crippen molar-refractivity contribution in [3.8, 4) is 0 Å². The highest BCUT2D eigenvalue weighted by Crippen LogP contribution is 2.21. The number of carbonyl (C=O) groups excluding carboxylic acids is 1. The molecule has 0 aromatic heterocycles. The Morgan fingerprint density at radius 1 is 1.44 bits per heavy atom. The molecule has 1 amide bonds. The Hall–Kier alpha value is -0.490. The molecule has 1 aliphatic heterocycles. The van der Waals surface area contributed by atoms with Gasteiger partial charge in [-0.1, -0.05) is 0 Å². The van der Waals surface area contributed by atoms with Gasteiger partial charge in [-0.2, -0.15) is 0 Å². The van der Waals surface area contributed by atoms with Crippen LogP contribution in [0.4, 0.5) is 4.79 Å². The molecule has 1 heterocycles. The van der Waals surface area contributed by atoms with Crippen molar-refractivity contribution in [2.45, 2.75) is 38.0 Å². The normalized spacial score (nSPS) is 22.2. The molecule has 1 fully saturated rings. The molecule has 1 saturated heterocycles. The molecule has 0 radical (unpaired) electrons. The average molecular weight is 270 g/mol. The van der Waals surface area contributed by atoms with E-state index in [1.54, 1.807) is 20.8 Å². The molecule has 0 bridgehead atoms. The fourth-order valence-electron chi connectivity index (χ4n) is 1.45. The van der Waals surface area contributed by atoms with Crippen molar-refractivity contribution in [3.63, 3.8) is 0 Å². The number of halogens is 1. The third-order valence-electron chi connectivity index (χ3n) is 2.19. The van der Waals surface area contributed by atoms with Crippen molar-refractivity contribution in [3.05, 3.63) is 0 Å². The topological polar surface area (TPSA) is 63.7 Å². The highest BCUT2D eigenvalue weighted by atomic mass is 35.7.